The first-order valence-electron chi connectivity index (χ1n) is 7.17. The van der Waals surface area contributed by atoms with Crippen LogP contribution in [-0.2, 0) is 0 Å². The molecule has 2 aromatic rings. The first-order valence-corrected chi connectivity index (χ1v) is 7.17. The average Bonchev–Trinajstić information content (AvgIpc) is 2.50. The molecule has 5 nitrogen and oxygen atoms in total. The summed E-state index contributed by atoms with van der Waals surface area (Å²) in [6, 6.07) is 9.22. The number of aromatic nitrogens is 1. The molecule has 0 aliphatic carbocycles. The molecule has 0 aliphatic heterocycles. The number of carbonyl (C=O) groups excluding carboxylic acids is 1. The summed E-state index contributed by atoms with van der Waals surface area (Å²) < 4.78 is 0. The van der Waals surface area contributed by atoms with E-state index in [4.69, 9.17) is 5.84 Å². The Labute approximate surface area is 124 Å². The number of nitrogens with two attached hydrogens (primary N) is 1. The Hall–Kier alpha value is -2.14. The molecule has 1 heterocycles. The summed E-state index contributed by atoms with van der Waals surface area (Å²) in [7, 11) is 0. The van der Waals surface area contributed by atoms with Crippen molar-refractivity contribution in [2.45, 2.75) is 20.8 Å². The Morgan fingerprint density at radius 3 is 2.67 bits per heavy atom. The van der Waals surface area contributed by atoms with Gasteiger partial charge in [0.05, 0.1) is 11.1 Å². The van der Waals surface area contributed by atoms with Crippen LogP contribution in [0.2, 0.25) is 0 Å². The second kappa shape index (κ2) is 6.54. The maximum absolute atomic E-state index is 12.4. The number of rotatable bonds is 5. The molecule has 1 unspecified atom stereocenters. The summed E-state index contributed by atoms with van der Waals surface area (Å²) >= 11 is 0. The molecule has 2 rings (SSSR count). The number of fused-ring (bicyclic) bond motifs is 1. The van der Waals surface area contributed by atoms with Crippen molar-refractivity contribution in [1.29, 1.82) is 0 Å². The topological polar surface area (TPSA) is 80.0 Å². The van der Waals surface area contributed by atoms with E-state index in [1.807, 2.05) is 24.3 Å². The second-order valence-electron chi connectivity index (χ2n) is 5.65. The zero-order valence-corrected chi connectivity index (χ0v) is 12.7. The molecule has 0 saturated carbocycles. The van der Waals surface area contributed by atoms with Gasteiger partial charge in [0, 0.05) is 11.9 Å². The van der Waals surface area contributed by atoms with Crippen LogP contribution in [0.15, 0.2) is 30.3 Å². The third kappa shape index (κ3) is 3.49. The minimum absolute atomic E-state index is 0.0994. The summed E-state index contributed by atoms with van der Waals surface area (Å²) in [6.07, 6.45) is 0. The number of benzene rings is 1. The van der Waals surface area contributed by atoms with Gasteiger partial charge in [-0.1, -0.05) is 39.0 Å². The van der Waals surface area contributed by atoms with Gasteiger partial charge in [0.2, 0.25) is 0 Å². The highest BCUT2D eigenvalue weighted by Crippen LogP contribution is 2.20. The Bertz CT molecular complexity index is 639. The number of hydrazine groups is 1. The Morgan fingerprint density at radius 2 is 2.00 bits per heavy atom. The third-order valence-corrected chi connectivity index (χ3v) is 3.83. The van der Waals surface area contributed by atoms with Crippen molar-refractivity contribution >= 4 is 22.6 Å². The van der Waals surface area contributed by atoms with E-state index in [1.165, 1.54) is 0 Å². The summed E-state index contributed by atoms with van der Waals surface area (Å²) in [5, 5.41) is 3.81. The lowest BCUT2D eigenvalue weighted by Gasteiger charge is -2.16. The monoisotopic (exact) mass is 286 g/mol. The number of nitrogen functional groups attached to an aromatic ring is 1. The predicted octanol–water partition coefficient (Wildman–Crippen LogP) is 2.54. The van der Waals surface area contributed by atoms with Crippen molar-refractivity contribution in [3.63, 3.8) is 0 Å². The van der Waals surface area contributed by atoms with Crippen LogP contribution in [-0.4, -0.2) is 17.4 Å². The first-order chi connectivity index (χ1) is 10.0. The molecular weight excluding hydrogens is 264 g/mol. The summed E-state index contributed by atoms with van der Waals surface area (Å²) in [5.41, 5.74) is 3.84. The van der Waals surface area contributed by atoms with E-state index >= 15 is 0 Å². The van der Waals surface area contributed by atoms with Gasteiger partial charge < -0.3 is 10.7 Å². The average molecular weight is 286 g/mol. The molecule has 0 fully saturated rings. The van der Waals surface area contributed by atoms with Gasteiger partial charge in [-0.3, -0.25) is 4.79 Å². The van der Waals surface area contributed by atoms with Crippen molar-refractivity contribution in [1.82, 2.24) is 10.3 Å². The maximum atomic E-state index is 12.4. The fourth-order valence-electron chi connectivity index (χ4n) is 2.02. The molecule has 5 heteroatoms. The van der Waals surface area contributed by atoms with Crippen LogP contribution >= 0.6 is 0 Å². The number of hydrogen-bond acceptors (Lipinski definition) is 4. The number of amides is 1. The Kier molecular flexibility index (Phi) is 4.75. The SMILES string of the molecule is CC(C)C(C)CNC(=O)c1cc(NN)nc2ccccc12. The largest absolute Gasteiger partial charge is 0.352 e. The van der Waals surface area contributed by atoms with Gasteiger partial charge in [0.1, 0.15) is 5.82 Å². The molecule has 1 atom stereocenters. The molecule has 112 valence electrons. The standard InChI is InChI=1S/C16H22N4O/c1-10(2)11(3)9-18-16(21)13-8-15(20-17)19-14-7-5-4-6-12(13)14/h4-8,10-11H,9,17H2,1-3H3,(H,18,21)(H,19,20). The fraction of sp³-hybridized carbons (Fsp3) is 0.375. The van der Waals surface area contributed by atoms with Gasteiger partial charge in [-0.25, -0.2) is 10.8 Å². The number of para-hydroxylation sites is 1. The fourth-order valence-corrected chi connectivity index (χ4v) is 2.02. The number of carbonyl (C=O) groups is 1. The van der Waals surface area contributed by atoms with E-state index in [2.05, 4.69) is 36.5 Å². The number of hydrogen-bond donors (Lipinski definition) is 3. The van der Waals surface area contributed by atoms with Gasteiger partial charge in [-0.15, -0.1) is 0 Å². The highest BCUT2D eigenvalue weighted by Gasteiger charge is 2.14. The molecule has 0 aliphatic rings. The molecule has 1 amide bonds. The second-order valence-corrected chi connectivity index (χ2v) is 5.65. The Morgan fingerprint density at radius 1 is 1.29 bits per heavy atom. The zero-order chi connectivity index (χ0) is 15.4. The van der Waals surface area contributed by atoms with E-state index in [9.17, 15) is 4.79 Å². The van der Waals surface area contributed by atoms with Crippen LogP contribution in [0.4, 0.5) is 5.82 Å². The zero-order valence-electron chi connectivity index (χ0n) is 12.7. The molecule has 0 radical (unpaired) electrons. The molecule has 1 aromatic carbocycles. The number of anilines is 1. The van der Waals surface area contributed by atoms with Crippen LogP contribution in [0.25, 0.3) is 10.9 Å². The van der Waals surface area contributed by atoms with Crippen molar-refractivity contribution < 1.29 is 4.79 Å². The molecule has 4 N–H and O–H groups in total. The van der Waals surface area contributed by atoms with Crippen LogP contribution in [0.5, 0.6) is 0 Å². The van der Waals surface area contributed by atoms with Crippen LogP contribution in [0, 0.1) is 11.8 Å². The highest BCUT2D eigenvalue weighted by atomic mass is 16.1. The maximum Gasteiger partial charge on any atom is 0.252 e. The lowest BCUT2D eigenvalue weighted by Crippen LogP contribution is -2.30. The lowest BCUT2D eigenvalue weighted by atomic mass is 9.98. The quantitative estimate of drug-likeness (QED) is 0.583. The summed E-state index contributed by atoms with van der Waals surface area (Å²) in [6.45, 7) is 7.07. The molecule has 1 aromatic heterocycles. The smallest absolute Gasteiger partial charge is 0.252 e. The first kappa shape index (κ1) is 15.3. The van der Waals surface area contributed by atoms with E-state index in [0.717, 1.165) is 10.9 Å². The highest BCUT2D eigenvalue weighted by molar-refractivity contribution is 6.06. The van der Waals surface area contributed by atoms with E-state index in [1.54, 1.807) is 6.07 Å². The molecule has 0 bridgehead atoms. The van der Waals surface area contributed by atoms with Crippen LogP contribution in [0.1, 0.15) is 31.1 Å². The van der Waals surface area contributed by atoms with Gasteiger partial charge in [-0.2, -0.15) is 0 Å². The number of nitrogens with zero attached hydrogens (tertiary/aromatic N) is 1. The normalized spacial score (nSPS) is 12.4. The van der Waals surface area contributed by atoms with Crippen molar-refractivity contribution in [3.05, 3.63) is 35.9 Å². The van der Waals surface area contributed by atoms with Crippen molar-refractivity contribution in [3.8, 4) is 0 Å². The van der Waals surface area contributed by atoms with Crippen molar-refractivity contribution in [2.75, 3.05) is 12.0 Å². The van der Waals surface area contributed by atoms with Crippen molar-refractivity contribution in [2.24, 2.45) is 17.7 Å². The van der Waals surface area contributed by atoms with Gasteiger partial charge >= 0.3 is 0 Å². The van der Waals surface area contributed by atoms with Gasteiger partial charge in [0.15, 0.2) is 0 Å². The van der Waals surface area contributed by atoms with Crippen LogP contribution < -0.4 is 16.6 Å². The van der Waals surface area contributed by atoms with E-state index in [0.29, 0.717) is 29.8 Å². The number of nitrogens with one attached hydrogen (secondary N) is 2. The molecule has 0 spiro atoms. The minimum atomic E-state index is -0.0994. The predicted molar refractivity (Wildman–Crippen MR) is 85.9 cm³/mol. The third-order valence-electron chi connectivity index (χ3n) is 3.83. The molecule has 21 heavy (non-hydrogen) atoms. The summed E-state index contributed by atoms with van der Waals surface area (Å²) in [4.78, 5) is 16.8. The van der Waals surface area contributed by atoms with Gasteiger partial charge in [-0.05, 0) is 24.0 Å². The minimum Gasteiger partial charge on any atom is -0.352 e. The van der Waals surface area contributed by atoms with E-state index < -0.39 is 0 Å². The van der Waals surface area contributed by atoms with Crippen LogP contribution in [0.3, 0.4) is 0 Å². The summed E-state index contributed by atoms with van der Waals surface area (Å²) in [5.74, 6) is 6.76. The Balaban J connectivity index is 2.29. The number of pyridine rings is 1. The molecule has 0 saturated heterocycles. The van der Waals surface area contributed by atoms with Gasteiger partial charge in [0.25, 0.3) is 5.91 Å². The van der Waals surface area contributed by atoms with E-state index in [-0.39, 0.29) is 5.91 Å². The molecular formula is C16H22N4O. The lowest BCUT2D eigenvalue weighted by molar-refractivity contribution is 0.0946.